The summed E-state index contributed by atoms with van der Waals surface area (Å²) in [5.74, 6) is 2.55. The average Bonchev–Trinajstić information content (AvgIpc) is 2.95. The molecule has 2 bridgehead atoms. The van der Waals surface area contributed by atoms with Crippen LogP contribution in [0.2, 0.25) is 0 Å². The second kappa shape index (κ2) is 12.3. The van der Waals surface area contributed by atoms with Crippen molar-refractivity contribution in [2.75, 3.05) is 39.3 Å². The number of benzene rings is 1. The Labute approximate surface area is 222 Å². The number of hydrogen-bond acceptors (Lipinski definition) is 5. The van der Waals surface area contributed by atoms with Crippen molar-refractivity contribution in [1.82, 2.24) is 9.80 Å². The third kappa shape index (κ3) is 6.22. The summed E-state index contributed by atoms with van der Waals surface area (Å²) < 4.78 is 6.16. The van der Waals surface area contributed by atoms with E-state index >= 15 is 0 Å². The molecular formula is C31H46N2O4. The lowest BCUT2D eigenvalue weighted by atomic mass is 9.58. The van der Waals surface area contributed by atoms with Gasteiger partial charge >= 0.3 is 5.97 Å². The summed E-state index contributed by atoms with van der Waals surface area (Å²) in [6.45, 7) is 5.32. The Balaban J connectivity index is 1.15. The summed E-state index contributed by atoms with van der Waals surface area (Å²) in [6, 6.07) is 7.98. The fourth-order valence-corrected chi connectivity index (χ4v) is 7.73. The van der Waals surface area contributed by atoms with Crippen LogP contribution in [0.3, 0.4) is 0 Å². The molecule has 6 heteroatoms. The number of likely N-dealkylation sites (tertiary alicyclic amines) is 1. The third-order valence-electron chi connectivity index (χ3n) is 9.99. The summed E-state index contributed by atoms with van der Waals surface area (Å²) in [7, 11) is 0. The first kappa shape index (κ1) is 26.7. The first-order valence-electron chi connectivity index (χ1n) is 15.0. The second-order valence-electron chi connectivity index (χ2n) is 12.2. The average molecular weight is 511 g/mol. The summed E-state index contributed by atoms with van der Waals surface area (Å²) in [4.78, 5) is 31.1. The van der Waals surface area contributed by atoms with E-state index in [1.54, 1.807) is 0 Å². The smallest absolute Gasteiger partial charge is 0.317 e. The molecule has 4 heterocycles. The zero-order valence-electron chi connectivity index (χ0n) is 22.5. The van der Waals surface area contributed by atoms with Gasteiger partial charge < -0.3 is 19.6 Å². The van der Waals surface area contributed by atoms with Gasteiger partial charge in [-0.25, -0.2) is 0 Å². The van der Waals surface area contributed by atoms with Crippen LogP contribution >= 0.6 is 0 Å². The largest absolute Gasteiger partial charge is 0.426 e. The summed E-state index contributed by atoms with van der Waals surface area (Å²) in [5.41, 5.74) is 0.801. The Kier molecular flexibility index (Phi) is 8.86. The van der Waals surface area contributed by atoms with Gasteiger partial charge in [0.2, 0.25) is 5.91 Å². The quantitative estimate of drug-likeness (QED) is 0.381. The first-order chi connectivity index (χ1) is 18.1. The highest BCUT2D eigenvalue weighted by atomic mass is 16.5. The minimum absolute atomic E-state index is 0.00267. The molecule has 1 atom stereocenters. The molecule has 0 aromatic heterocycles. The van der Waals surface area contributed by atoms with Gasteiger partial charge in [0.15, 0.2) is 0 Å². The van der Waals surface area contributed by atoms with E-state index in [-0.39, 0.29) is 23.9 Å². The van der Waals surface area contributed by atoms with E-state index in [9.17, 15) is 9.59 Å². The van der Waals surface area contributed by atoms with Crippen molar-refractivity contribution in [3.63, 3.8) is 0 Å². The molecule has 1 aliphatic carbocycles. The van der Waals surface area contributed by atoms with Crippen molar-refractivity contribution in [1.29, 1.82) is 0 Å². The van der Waals surface area contributed by atoms with E-state index in [1.807, 2.05) is 23.1 Å². The number of rotatable bonds is 9. The molecule has 4 aliphatic heterocycles. The van der Waals surface area contributed by atoms with Gasteiger partial charge in [-0.15, -0.1) is 0 Å². The van der Waals surface area contributed by atoms with E-state index in [2.05, 4.69) is 11.0 Å². The third-order valence-corrected chi connectivity index (χ3v) is 9.99. The Hall–Kier alpha value is -1.92. The predicted molar refractivity (Wildman–Crippen MR) is 144 cm³/mol. The maximum atomic E-state index is 13.8. The molecule has 6 rings (SSSR count). The minimum atomic E-state index is -0.324. The van der Waals surface area contributed by atoms with Crippen LogP contribution in [-0.4, -0.2) is 66.1 Å². The van der Waals surface area contributed by atoms with Gasteiger partial charge in [0.25, 0.3) is 0 Å². The Bertz CT molecular complexity index is 912. The lowest BCUT2D eigenvalue weighted by molar-refractivity contribution is -0.159. The number of carbonyl (C=O) groups is 2. The highest BCUT2D eigenvalue weighted by molar-refractivity contribution is 5.80. The molecule has 204 valence electrons. The van der Waals surface area contributed by atoms with Crippen LogP contribution < -0.4 is 4.74 Å². The van der Waals surface area contributed by atoms with Crippen molar-refractivity contribution in [3.8, 4) is 5.75 Å². The molecule has 5 aliphatic rings. The van der Waals surface area contributed by atoms with Crippen LogP contribution in [0.25, 0.3) is 0 Å². The van der Waals surface area contributed by atoms with E-state index in [4.69, 9.17) is 9.84 Å². The predicted octanol–water partition coefficient (Wildman–Crippen LogP) is 4.83. The topological polar surface area (TPSA) is 70.1 Å². The minimum Gasteiger partial charge on any atom is -0.426 e. The zero-order chi connectivity index (χ0) is 25.7. The van der Waals surface area contributed by atoms with Crippen molar-refractivity contribution in [2.24, 2.45) is 23.2 Å². The normalized spacial score (nSPS) is 27.7. The molecule has 0 radical (unpaired) electrons. The van der Waals surface area contributed by atoms with Gasteiger partial charge in [-0.1, -0.05) is 31.4 Å². The van der Waals surface area contributed by atoms with E-state index in [1.165, 1.54) is 32.4 Å². The van der Waals surface area contributed by atoms with Crippen LogP contribution in [0.4, 0.5) is 0 Å². The Morgan fingerprint density at radius 3 is 2.43 bits per heavy atom. The molecule has 6 nitrogen and oxygen atoms in total. The van der Waals surface area contributed by atoms with Gasteiger partial charge in [-0.3, -0.25) is 9.59 Å². The number of ether oxygens (including phenoxy) is 1. The Morgan fingerprint density at radius 2 is 1.76 bits per heavy atom. The number of piperidine rings is 4. The molecule has 4 saturated heterocycles. The first-order valence-corrected chi connectivity index (χ1v) is 15.0. The summed E-state index contributed by atoms with van der Waals surface area (Å²) in [5, 5.41) is 9.14. The summed E-state index contributed by atoms with van der Waals surface area (Å²) >= 11 is 0. The highest BCUT2D eigenvalue weighted by Gasteiger charge is 2.53. The molecular weight excluding hydrogens is 464 g/mol. The van der Waals surface area contributed by atoms with Crippen LogP contribution in [0.1, 0.15) is 82.6 Å². The Morgan fingerprint density at radius 1 is 1.00 bits per heavy atom. The lowest BCUT2D eigenvalue weighted by Gasteiger charge is -2.53. The van der Waals surface area contributed by atoms with Gasteiger partial charge in [0, 0.05) is 32.7 Å². The van der Waals surface area contributed by atoms with Crippen LogP contribution in [-0.2, 0) is 16.0 Å². The SMILES string of the molecule is O=C(CCCc1cccc(OC(=O)C2([C@@H]3CN4CCC3CC4)CCCCC2)c1)N1CCC(CCO)CC1. The van der Waals surface area contributed by atoms with Crippen molar-refractivity contribution < 1.29 is 19.4 Å². The number of carbonyl (C=O) groups excluding carboxylic acids is 2. The van der Waals surface area contributed by atoms with Gasteiger partial charge in [-0.05, 0) is 106 Å². The number of fused-ring (bicyclic) bond motifs is 3. The monoisotopic (exact) mass is 510 g/mol. The van der Waals surface area contributed by atoms with Crippen molar-refractivity contribution >= 4 is 11.9 Å². The van der Waals surface area contributed by atoms with Crippen LogP contribution in [0, 0.1) is 23.2 Å². The van der Waals surface area contributed by atoms with Crippen molar-refractivity contribution in [2.45, 2.75) is 83.5 Å². The van der Waals surface area contributed by atoms with E-state index < -0.39 is 0 Å². The van der Waals surface area contributed by atoms with Crippen LogP contribution in [0.15, 0.2) is 24.3 Å². The number of aryl methyl sites for hydroxylation is 1. The fourth-order valence-electron chi connectivity index (χ4n) is 7.73. The molecule has 37 heavy (non-hydrogen) atoms. The number of esters is 1. The van der Waals surface area contributed by atoms with Gasteiger partial charge in [0.05, 0.1) is 5.41 Å². The van der Waals surface area contributed by atoms with E-state index in [0.29, 0.717) is 29.9 Å². The van der Waals surface area contributed by atoms with Crippen LogP contribution in [0.5, 0.6) is 5.75 Å². The lowest BCUT2D eigenvalue weighted by Crippen LogP contribution is -2.57. The van der Waals surface area contributed by atoms with E-state index in [0.717, 1.165) is 83.0 Å². The maximum absolute atomic E-state index is 13.8. The number of amides is 1. The fraction of sp³-hybridized carbons (Fsp3) is 0.742. The number of nitrogens with zero attached hydrogens (tertiary/aromatic N) is 2. The molecule has 1 aromatic carbocycles. The molecule has 0 unspecified atom stereocenters. The molecule has 1 aromatic rings. The molecule has 1 amide bonds. The standard InChI is InChI=1S/C31H46N2O4/c34-21-14-24-10-19-33(20-11-24)29(35)9-5-7-25-6-4-8-27(22-25)37-30(36)31(15-2-1-3-16-31)28-23-32-17-12-26(28)13-18-32/h4,6,8,22,24,26,28,34H,1-3,5,7,9-21,23H2/t28-/m1/s1. The van der Waals surface area contributed by atoms with Gasteiger partial charge in [-0.2, -0.15) is 0 Å². The number of aliphatic hydroxyl groups is 1. The summed E-state index contributed by atoms with van der Waals surface area (Å²) in [6.07, 6.45) is 12.9. The highest BCUT2D eigenvalue weighted by Crippen LogP contribution is 2.51. The second-order valence-corrected chi connectivity index (χ2v) is 12.2. The zero-order valence-corrected chi connectivity index (χ0v) is 22.5. The molecule has 5 fully saturated rings. The number of aliphatic hydroxyl groups excluding tert-OH is 1. The molecule has 1 saturated carbocycles. The van der Waals surface area contributed by atoms with Gasteiger partial charge in [0.1, 0.15) is 5.75 Å². The van der Waals surface area contributed by atoms with Crippen molar-refractivity contribution in [3.05, 3.63) is 29.8 Å². The maximum Gasteiger partial charge on any atom is 0.317 e. The number of hydrogen-bond donors (Lipinski definition) is 1. The molecule has 0 spiro atoms. The molecule has 1 N–H and O–H groups in total.